The Morgan fingerprint density at radius 2 is 2.11 bits per heavy atom. The molecule has 1 aromatic rings. The third kappa shape index (κ3) is 2.89. The second kappa shape index (κ2) is 5.61. The average Bonchev–Trinajstić information content (AvgIpc) is 2.41. The van der Waals surface area contributed by atoms with E-state index in [0.29, 0.717) is 23.6 Å². The molecular formula is C14H16ClNO3. The lowest BCUT2D eigenvalue weighted by molar-refractivity contribution is -0.143. The molecule has 5 heteroatoms. The standard InChI is InChI=1S/C14H16ClNO3/c1-9-8-10(5-6-11(9)15)13(17)16-7-3-2-4-12(16)14(18)19/h5-6,8,12H,2-4,7H2,1H3,(H,18,19)/t12-/m1/s1. The number of aliphatic carboxylic acids is 1. The molecule has 1 aliphatic rings. The van der Waals surface area contributed by atoms with Crippen molar-refractivity contribution in [3.63, 3.8) is 0 Å². The third-order valence-corrected chi connectivity index (χ3v) is 3.88. The van der Waals surface area contributed by atoms with Crippen LogP contribution in [0, 0.1) is 6.92 Å². The van der Waals surface area contributed by atoms with E-state index in [1.807, 2.05) is 6.92 Å². The van der Waals surface area contributed by atoms with E-state index in [-0.39, 0.29) is 5.91 Å². The highest BCUT2D eigenvalue weighted by Crippen LogP contribution is 2.22. The van der Waals surface area contributed by atoms with Crippen molar-refractivity contribution in [3.05, 3.63) is 34.3 Å². The Morgan fingerprint density at radius 1 is 1.37 bits per heavy atom. The van der Waals surface area contributed by atoms with Gasteiger partial charge < -0.3 is 10.0 Å². The molecule has 0 spiro atoms. The summed E-state index contributed by atoms with van der Waals surface area (Å²) in [4.78, 5) is 25.1. The molecule has 0 bridgehead atoms. The van der Waals surface area contributed by atoms with E-state index in [0.717, 1.165) is 18.4 Å². The van der Waals surface area contributed by atoms with Crippen LogP contribution in [0.3, 0.4) is 0 Å². The van der Waals surface area contributed by atoms with Gasteiger partial charge >= 0.3 is 5.97 Å². The normalized spacial score (nSPS) is 19.3. The zero-order valence-electron chi connectivity index (χ0n) is 10.7. The molecule has 0 aromatic heterocycles. The Kier molecular flexibility index (Phi) is 4.10. The number of rotatable bonds is 2. The highest BCUT2D eigenvalue weighted by Gasteiger charge is 2.32. The zero-order chi connectivity index (χ0) is 14.0. The molecule has 1 amide bonds. The Bertz CT molecular complexity index is 515. The van der Waals surface area contributed by atoms with Crippen LogP contribution in [-0.4, -0.2) is 34.5 Å². The lowest BCUT2D eigenvalue weighted by Gasteiger charge is -2.33. The van der Waals surface area contributed by atoms with Gasteiger partial charge in [0.05, 0.1) is 0 Å². The number of hydrogen-bond donors (Lipinski definition) is 1. The van der Waals surface area contributed by atoms with Gasteiger partial charge in [-0.15, -0.1) is 0 Å². The number of carboxylic acids is 1. The van der Waals surface area contributed by atoms with Gasteiger partial charge in [-0.3, -0.25) is 4.79 Å². The Morgan fingerprint density at radius 3 is 2.74 bits per heavy atom. The van der Waals surface area contributed by atoms with Crippen molar-refractivity contribution in [2.75, 3.05) is 6.54 Å². The Balaban J connectivity index is 2.26. The Labute approximate surface area is 117 Å². The number of likely N-dealkylation sites (tertiary alicyclic amines) is 1. The number of carbonyl (C=O) groups is 2. The second-order valence-corrected chi connectivity index (χ2v) is 5.22. The maximum absolute atomic E-state index is 12.4. The van der Waals surface area contributed by atoms with Gasteiger partial charge in [0.1, 0.15) is 6.04 Å². The van der Waals surface area contributed by atoms with Crippen molar-refractivity contribution in [2.24, 2.45) is 0 Å². The van der Waals surface area contributed by atoms with Crippen molar-refractivity contribution in [3.8, 4) is 0 Å². The molecular weight excluding hydrogens is 266 g/mol. The second-order valence-electron chi connectivity index (χ2n) is 4.81. The fourth-order valence-electron chi connectivity index (χ4n) is 2.37. The predicted octanol–water partition coefficient (Wildman–Crippen LogP) is 2.73. The number of hydrogen-bond acceptors (Lipinski definition) is 2. The highest BCUT2D eigenvalue weighted by molar-refractivity contribution is 6.31. The van der Waals surface area contributed by atoms with E-state index in [4.69, 9.17) is 11.6 Å². The van der Waals surface area contributed by atoms with Crippen LogP contribution in [0.15, 0.2) is 18.2 Å². The molecule has 0 unspecified atom stereocenters. The quantitative estimate of drug-likeness (QED) is 0.907. The molecule has 1 fully saturated rings. The van der Waals surface area contributed by atoms with Gasteiger partial charge in [-0.05, 0) is 49.9 Å². The summed E-state index contributed by atoms with van der Waals surface area (Å²) in [6.07, 6.45) is 2.22. The van der Waals surface area contributed by atoms with Crippen molar-refractivity contribution >= 4 is 23.5 Å². The van der Waals surface area contributed by atoms with Gasteiger partial charge in [-0.25, -0.2) is 4.79 Å². The highest BCUT2D eigenvalue weighted by atomic mass is 35.5. The van der Waals surface area contributed by atoms with E-state index in [2.05, 4.69) is 0 Å². The van der Waals surface area contributed by atoms with E-state index in [1.165, 1.54) is 4.90 Å². The number of piperidine rings is 1. The molecule has 0 radical (unpaired) electrons. The van der Waals surface area contributed by atoms with Gasteiger partial charge in [0.25, 0.3) is 5.91 Å². The number of halogens is 1. The van der Waals surface area contributed by atoms with Gasteiger partial charge in [0, 0.05) is 17.1 Å². The fourth-order valence-corrected chi connectivity index (χ4v) is 2.49. The maximum Gasteiger partial charge on any atom is 0.326 e. The van der Waals surface area contributed by atoms with Crippen molar-refractivity contribution in [1.82, 2.24) is 4.90 Å². The first kappa shape index (κ1) is 13.9. The molecule has 102 valence electrons. The summed E-state index contributed by atoms with van der Waals surface area (Å²) in [5.74, 6) is -1.16. The van der Waals surface area contributed by atoms with E-state index in [1.54, 1.807) is 18.2 Å². The summed E-state index contributed by atoms with van der Waals surface area (Å²) in [6, 6.07) is 4.31. The maximum atomic E-state index is 12.4. The first-order valence-electron chi connectivity index (χ1n) is 6.30. The molecule has 19 heavy (non-hydrogen) atoms. The summed E-state index contributed by atoms with van der Waals surface area (Å²) in [5.41, 5.74) is 1.31. The van der Waals surface area contributed by atoms with Gasteiger partial charge in [-0.1, -0.05) is 11.6 Å². The number of carboxylic acid groups (broad SMARTS) is 1. The van der Waals surface area contributed by atoms with Crippen LogP contribution in [0.1, 0.15) is 35.2 Å². The van der Waals surface area contributed by atoms with Crippen LogP contribution in [0.2, 0.25) is 5.02 Å². The third-order valence-electron chi connectivity index (χ3n) is 3.45. The molecule has 1 aromatic carbocycles. The summed E-state index contributed by atoms with van der Waals surface area (Å²) in [7, 11) is 0. The largest absolute Gasteiger partial charge is 0.480 e. The number of nitrogens with zero attached hydrogens (tertiary/aromatic N) is 1. The topological polar surface area (TPSA) is 57.6 Å². The van der Waals surface area contributed by atoms with Gasteiger partial charge in [-0.2, -0.15) is 0 Å². The molecule has 0 saturated carbocycles. The van der Waals surface area contributed by atoms with Crippen LogP contribution < -0.4 is 0 Å². The molecule has 0 aliphatic carbocycles. The average molecular weight is 282 g/mol. The minimum atomic E-state index is -0.932. The summed E-state index contributed by atoms with van der Waals surface area (Å²) in [5, 5.41) is 9.79. The molecule has 1 heterocycles. The van der Waals surface area contributed by atoms with E-state index >= 15 is 0 Å². The van der Waals surface area contributed by atoms with Crippen LogP contribution in [-0.2, 0) is 4.79 Å². The van der Waals surface area contributed by atoms with Gasteiger partial charge in [0.2, 0.25) is 0 Å². The van der Waals surface area contributed by atoms with E-state index in [9.17, 15) is 14.7 Å². The van der Waals surface area contributed by atoms with Gasteiger partial charge in [0.15, 0.2) is 0 Å². The molecule has 2 rings (SSSR count). The monoisotopic (exact) mass is 281 g/mol. The summed E-state index contributed by atoms with van der Waals surface area (Å²) >= 11 is 5.93. The minimum absolute atomic E-state index is 0.230. The molecule has 1 saturated heterocycles. The van der Waals surface area contributed by atoms with Crippen molar-refractivity contribution in [2.45, 2.75) is 32.2 Å². The van der Waals surface area contributed by atoms with Crippen LogP contribution in [0.4, 0.5) is 0 Å². The molecule has 4 nitrogen and oxygen atoms in total. The smallest absolute Gasteiger partial charge is 0.326 e. The van der Waals surface area contributed by atoms with Crippen LogP contribution >= 0.6 is 11.6 Å². The zero-order valence-corrected chi connectivity index (χ0v) is 11.5. The molecule has 1 atom stereocenters. The number of benzene rings is 1. The van der Waals surface area contributed by atoms with Crippen molar-refractivity contribution < 1.29 is 14.7 Å². The van der Waals surface area contributed by atoms with Crippen LogP contribution in [0.5, 0.6) is 0 Å². The lowest BCUT2D eigenvalue weighted by atomic mass is 10.0. The summed E-state index contributed by atoms with van der Waals surface area (Å²) in [6.45, 7) is 2.32. The Hall–Kier alpha value is -1.55. The first-order chi connectivity index (χ1) is 9.00. The van der Waals surface area contributed by atoms with Crippen molar-refractivity contribution in [1.29, 1.82) is 0 Å². The minimum Gasteiger partial charge on any atom is -0.480 e. The molecule has 1 aliphatic heterocycles. The SMILES string of the molecule is Cc1cc(C(=O)N2CCCC[C@@H]2C(=O)O)ccc1Cl. The number of amides is 1. The predicted molar refractivity (Wildman–Crippen MR) is 72.5 cm³/mol. The number of aryl methyl sites for hydroxylation is 1. The lowest BCUT2D eigenvalue weighted by Crippen LogP contribution is -2.48. The number of carbonyl (C=O) groups excluding carboxylic acids is 1. The fraction of sp³-hybridized carbons (Fsp3) is 0.429. The first-order valence-corrected chi connectivity index (χ1v) is 6.68. The molecule has 1 N–H and O–H groups in total. The van der Waals surface area contributed by atoms with E-state index < -0.39 is 12.0 Å². The van der Waals surface area contributed by atoms with Crippen LogP contribution in [0.25, 0.3) is 0 Å². The summed E-state index contributed by atoms with van der Waals surface area (Å²) < 4.78 is 0.